The summed E-state index contributed by atoms with van der Waals surface area (Å²) in [5.41, 5.74) is 2.61. The van der Waals surface area contributed by atoms with E-state index in [2.05, 4.69) is 10.6 Å². The van der Waals surface area contributed by atoms with E-state index in [-0.39, 0.29) is 17.5 Å². The molecule has 166 valence electrons. The second kappa shape index (κ2) is 9.94. The van der Waals surface area contributed by atoms with Crippen LogP contribution < -0.4 is 16.2 Å². The van der Waals surface area contributed by atoms with E-state index in [4.69, 9.17) is 0 Å². The molecule has 0 saturated carbocycles. The number of aromatic nitrogens is 1. The summed E-state index contributed by atoms with van der Waals surface area (Å²) in [6, 6.07) is 22.2. The van der Waals surface area contributed by atoms with Gasteiger partial charge in [0, 0.05) is 30.0 Å². The van der Waals surface area contributed by atoms with E-state index in [1.807, 2.05) is 54.6 Å². The van der Waals surface area contributed by atoms with Gasteiger partial charge in [-0.05, 0) is 55.5 Å². The third-order valence-electron chi connectivity index (χ3n) is 6.15. The molecule has 0 aliphatic carbocycles. The van der Waals surface area contributed by atoms with Crippen LogP contribution in [0.5, 0.6) is 0 Å². The summed E-state index contributed by atoms with van der Waals surface area (Å²) < 4.78 is 1.41. The fraction of sp³-hybridized carbons (Fsp3) is 0.308. The molecule has 1 saturated heterocycles. The Hall–Kier alpha value is -3.22. The summed E-state index contributed by atoms with van der Waals surface area (Å²) in [7, 11) is 0. The van der Waals surface area contributed by atoms with Crippen LogP contribution in [0.3, 0.4) is 0 Å². The molecule has 1 unspecified atom stereocenters. The Kier molecular flexibility index (Phi) is 6.83. The number of carbonyl (C=O) groups is 1. The summed E-state index contributed by atoms with van der Waals surface area (Å²) in [6.07, 6.45) is 3.92. The smallest absolute Gasteiger partial charge is 0.251 e. The molecule has 3 aromatic rings. The number of nitrogens with zero attached hydrogens (tertiary/aromatic N) is 1. The van der Waals surface area contributed by atoms with Crippen molar-refractivity contribution < 1.29 is 9.90 Å². The minimum Gasteiger partial charge on any atom is -0.387 e. The van der Waals surface area contributed by atoms with E-state index < -0.39 is 12.1 Å². The van der Waals surface area contributed by atoms with E-state index in [1.54, 1.807) is 25.3 Å². The Bertz CT molecular complexity index is 1100. The summed E-state index contributed by atoms with van der Waals surface area (Å²) in [4.78, 5) is 24.5. The van der Waals surface area contributed by atoms with Crippen LogP contribution in [0.25, 0.3) is 0 Å². The zero-order valence-electron chi connectivity index (χ0n) is 18.1. The van der Waals surface area contributed by atoms with Crippen molar-refractivity contribution in [1.29, 1.82) is 0 Å². The molecule has 4 atom stereocenters. The summed E-state index contributed by atoms with van der Waals surface area (Å²) >= 11 is 0. The van der Waals surface area contributed by atoms with Crippen LogP contribution in [-0.2, 0) is 11.2 Å². The molecule has 1 amide bonds. The number of amides is 1. The molecule has 6 nitrogen and oxygen atoms in total. The number of nitrogens with one attached hydrogen (secondary N) is 2. The van der Waals surface area contributed by atoms with Crippen LogP contribution in [0.2, 0.25) is 0 Å². The van der Waals surface area contributed by atoms with Crippen LogP contribution in [0, 0.1) is 0 Å². The highest BCUT2D eigenvalue weighted by atomic mass is 16.3. The normalized spacial score (nSPS) is 19.9. The highest BCUT2D eigenvalue weighted by molar-refractivity contribution is 5.93. The average molecular weight is 432 g/mol. The van der Waals surface area contributed by atoms with Gasteiger partial charge in [-0.15, -0.1) is 0 Å². The number of hydrogen-bond acceptors (Lipinski definition) is 4. The van der Waals surface area contributed by atoms with Gasteiger partial charge in [-0.3, -0.25) is 9.59 Å². The largest absolute Gasteiger partial charge is 0.387 e. The Labute approximate surface area is 187 Å². The minimum absolute atomic E-state index is 0.0591. The van der Waals surface area contributed by atoms with E-state index in [0.717, 1.165) is 24.8 Å². The highest BCUT2D eigenvalue weighted by Crippen LogP contribution is 2.27. The van der Waals surface area contributed by atoms with Crippen LogP contribution in [0.4, 0.5) is 5.69 Å². The second-order valence-corrected chi connectivity index (χ2v) is 8.42. The molecular formula is C26H29N3O3. The summed E-state index contributed by atoms with van der Waals surface area (Å²) in [5, 5.41) is 17.1. The predicted molar refractivity (Wildman–Crippen MR) is 126 cm³/mol. The average Bonchev–Trinajstić information content (AvgIpc) is 3.28. The second-order valence-electron chi connectivity index (χ2n) is 8.42. The predicted octanol–water partition coefficient (Wildman–Crippen LogP) is 3.44. The van der Waals surface area contributed by atoms with Crippen molar-refractivity contribution in [2.75, 3.05) is 5.32 Å². The standard InChI is InChI=1S/C26H29N3O3/c1-18(29-16-6-5-9-24(29)30)26(32)28-21-12-10-19(11-13-21)17-22-14-15-23(27-22)25(31)20-7-3-2-4-8-20/h2-13,16,18,22-23,25,27,31H,14-15,17H2,1H3,(H,28,32)/t18?,22-,23+,25+/m0/s1. The maximum absolute atomic E-state index is 12.5. The number of aliphatic hydroxyl groups excluding tert-OH is 1. The number of benzene rings is 2. The third kappa shape index (κ3) is 5.15. The third-order valence-corrected chi connectivity index (χ3v) is 6.15. The van der Waals surface area contributed by atoms with Gasteiger partial charge in [0.2, 0.25) is 5.91 Å². The Balaban J connectivity index is 1.31. The molecule has 0 bridgehead atoms. The fourth-order valence-electron chi connectivity index (χ4n) is 4.28. The molecule has 1 aliphatic heterocycles. The molecule has 0 radical (unpaired) electrons. The lowest BCUT2D eigenvalue weighted by molar-refractivity contribution is -0.118. The fourth-order valence-corrected chi connectivity index (χ4v) is 4.28. The van der Waals surface area contributed by atoms with Crippen molar-refractivity contribution in [2.45, 2.75) is 50.4 Å². The molecule has 4 rings (SSSR count). The van der Waals surface area contributed by atoms with Gasteiger partial charge in [-0.25, -0.2) is 0 Å². The van der Waals surface area contributed by atoms with E-state index >= 15 is 0 Å². The lowest BCUT2D eigenvalue weighted by atomic mass is 10.0. The molecule has 32 heavy (non-hydrogen) atoms. The number of aliphatic hydroxyl groups is 1. The molecule has 1 fully saturated rings. The Morgan fingerprint density at radius 2 is 1.78 bits per heavy atom. The van der Waals surface area contributed by atoms with Crippen molar-refractivity contribution in [1.82, 2.24) is 9.88 Å². The number of carbonyl (C=O) groups excluding carboxylic acids is 1. The van der Waals surface area contributed by atoms with Gasteiger partial charge < -0.3 is 20.3 Å². The summed E-state index contributed by atoms with van der Waals surface area (Å²) in [5.74, 6) is -0.235. The quantitative estimate of drug-likeness (QED) is 0.535. The maximum Gasteiger partial charge on any atom is 0.251 e. The molecule has 0 spiro atoms. The molecule has 1 aromatic heterocycles. The first-order chi connectivity index (χ1) is 15.5. The number of hydrogen-bond donors (Lipinski definition) is 3. The topological polar surface area (TPSA) is 83.4 Å². The van der Waals surface area contributed by atoms with E-state index in [1.165, 1.54) is 16.2 Å². The Morgan fingerprint density at radius 1 is 1.06 bits per heavy atom. The molecule has 2 aromatic carbocycles. The summed E-state index contributed by atoms with van der Waals surface area (Å²) in [6.45, 7) is 1.71. The van der Waals surface area contributed by atoms with Crippen molar-refractivity contribution >= 4 is 11.6 Å². The molecule has 6 heteroatoms. The maximum atomic E-state index is 12.5. The molecule has 2 heterocycles. The van der Waals surface area contributed by atoms with E-state index in [9.17, 15) is 14.7 Å². The zero-order chi connectivity index (χ0) is 22.5. The van der Waals surface area contributed by atoms with Gasteiger partial charge >= 0.3 is 0 Å². The van der Waals surface area contributed by atoms with Crippen molar-refractivity contribution in [3.05, 3.63) is 100 Å². The SMILES string of the molecule is CC(C(=O)Nc1ccc(C[C@@H]2CC[C@H]([C@H](O)c3ccccc3)N2)cc1)n1ccccc1=O. The van der Waals surface area contributed by atoms with Crippen molar-refractivity contribution in [2.24, 2.45) is 0 Å². The molecular weight excluding hydrogens is 402 g/mol. The van der Waals surface area contributed by atoms with Crippen LogP contribution in [0.1, 0.15) is 43.0 Å². The van der Waals surface area contributed by atoms with E-state index in [0.29, 0.717) is 11.7 Å². The number of anilines is 1. The van der Waals surface area contributed by atoms with Gasteiger partial charge in [0.1, 0.15) is 6.04 Å². The first-order valence-corrected chi connectivity index (χ1v) is 11.1. The van der Waals surface area contributed by atoms with Crippen LogP contribution >= 0.6 is 0 Å². The first kappa shape index (κ1) is 22.0. The van der Waals surface area contributed by atoms with Crippen LogP contribution in [-0.4, -0.2) is 27.7 Å². The minimum atomic E-state index is -0.598. The van der Waals surface area contributed by atoms with Gasteiger partial charge in [-0.2, -0.15) is 0 Å². The number of pyridine rings is 1. The highest BCUT2D eigenvalue weighted by Gasteiger charge is 2.29. The van der Waals surface area contributed by atoms with Gasteiger partial charge in [0.05, 0.1) is 6.10 Å². The van der Waals surface area contributed by atoms with Crippen molar-refractivity contribution in [3.63, 3.8) is 0 Å². The van der Waals surface area contributed by atoms with Crippen LogP contribution in [0.15, 0.2) is 83.8 Å². The van der Waals surface area contributed by atoms with Gasteiger partial charge in [-0.1, -0.05) is 48.5 Å². The molecule has 1 aliphatic rings. The van der Waals surface area contributed by atoms with Gasteiger partial charge in [0.25, 0.3) is 5.56 Å². The van der Waals surface area contributed by atoms with Gasteiger partial charge in [0.15, 0.2) is 0 Å². The monoisotopic (exact) mass is 431 g/mol. The molecule has 3 N–H and O–H groups in total. The lowest BCUT2D eigenvalue weighted by Gasteiger charge is -2.20. The zero-order valence-corrected chi connectivity index (χ0v) is 18.1. The Morgan fingerprint density at radius 3 is 2.50 bits per heavy atom. The lowest BCUT2D eigenvalue weighted by Crippen LogP contribution is -2.35. The number of rotatable bonds is 7. The van der Waals surface area contributed by atoms with Crippen molar-refractivity contribution in [3.8, 4) is 0 Å². The first-order valence-electron chi connectivity index (χ1n) is 11.1.